The van der Waals surface area contributed by atoms with Crippen LogP contribution in [0.3, 0.4) is 0 Å². The molecule has 7 heteroatoms. The molecule has 0 bridgehead atoms. The first-order chi connectivity index (χ1) is 7.71. The quantitative estimate of drug-likeness (QED) is 0.847. The van der Waals surface area contributed by atoms with Crippen LogP contribution in [-0.4, -0.2) is 23.2 Å². The third-order valence-corrected chi connectivity index (χ3v) is 3.00. The monoisotopic (exact) mass is 260 g/mol. The molecule has 0 saturated carbocycles. The van der Waals surface area contributed by atoms with Crippen molar-refractivity contribution in [1.82, 2.24) is 14.8 Å². The molecule has 1 aromatic heterocycles. The van der Waals surface area contributed by atoms with Crippen molar-refractivity contribution in [1.29, 1.82) is 0 Å². The average Bonchev–Trinajstić information content (AvgIpc) is 2.45. The van der Waals surface area contributed by atoms with Gasteiger partial charge in [-0.05, 0) is 11.8 Å². The van der Waals surface area contributed by atoms with E-state index >= 15 is 0 Å². The van der Waals surface area contributed by atoms with Crippen LogP contribution in [0.25, 0.3) is 0 Å². The van der Waals surface area contributed by atoms with E-state index in [0.29, 0.717) is 30.6 Å². The van der Waals surface area contributed by atoms with Crippen molar-refractivity contribution in [2.45, 2.75) is 45.8 Å². The predicted molar refractivity (Wildman–Crippen MR) is 64.8 cm³/mol. The minimum Gasteiger partial charge on any atom is -0.300 e. The van der Waals surface area contributed by atoms with E-state index in [1.807, 2.05) is 27.7 Å². The molecule has 17 heavy (non-hydrogen) atoms. The second-order valence-electron chi connectivity index (χ2n) is 5.05. The molecule has 0 aliphatic carbocycles. The van der Waals surface area contributed by atoms with Crippen LogP contribution in [0.15, 0.2) is 5.16 Å². The number of rotatable bonds is 5. The van der Waals surface area contributed by atoms with Crippen molar-refractivity contribution < 1.29 is 8.42 Å². The Morgan fingerprint density at radius 1 is 1.18 bits per heavy atom. The van der Waals surface area contributed by atoms with Gasteiger partial charge in [-0.1, -0.05) is 27.7 Å². The van der Waals surface area contributed by atoms with Crippen molar-refractivity contribution in [2.24, 2.45) is 17.0 Å². The summed E-state index contributed by atoms with van der Waals surface area (Å²) in [5.74, 6) is 1.37. The van der Waals surface area contributed by atoms with E-state index in [4.69, 9.17) is 5.14 Å². The summed E-state index contributed by atoms with van der Waals surface area (Å²) >= 11 is 0. The van der Waals surface area contributed by atoms with Gasteiger partial charge in [-0.15, -0.1) is 10.2 Å². The lowest BCUT2D eigenvalue weighted by Crippen LogP contribution is -2.21. The Morgan fingerprint density at radius 3 is 2.18 bits per heavy atom. The lowest BCUT2D eigenvalue weighted by atomic mass is 10.1. The topological polar surface area (TPSA) is 90.9 Å². The number of hydrogen-bond acceptors (Lipinski definition) is 4. The summed E-state index contributed by atoms with van der Waals surface area (Å²) in [7, 11) is -3.80. The SMILES string of the molecule is CC(C)Cc1nnc(S(N)(=O)=O)n1CC(C)C. The first-order valence-corrected chi connectivity index (χ1v) is 7.21. The lowest BCUT2D eigenvalue weighted by molar-refractivity contribution is 0.459. The summed E-state index contributed by atoms with van der Waals surface area (Å²) in [6.07, 6.45) is 0.690. The number of hydrogen-bond donors (Lipinski definition) is 1. The summed E-state index contributed by atoms with van der Waals surface area (Å²) in [5, 5.41) is 12.6. The Hall–Kier alpha value is -0.950. The molecule has 0 amide bonds. The molecule has 98 valence electrons. The Labute approximate surface area is 102 Å². The van der Waals surface area contributed by atoms with Crippen LogP contribution in [0.5, 0.6) is 0 Å². The molecule has 0 saturated heterocycles. The average molecular weight is 260 g/mol. The molecule has 0 aliphatic heterocycles. The maximum Gasteiger partial charge on any atom is 0.273 e. The first kappa shape index (κ1) is 14.1. The number of aromatic nitrogens is 3. The molecule has 0 atom stereocenters. The van der Waals surface area contributed by atoms with Gasteiger partial charge in [0.15, 0.2) is 0 Å². The van der Waals surface area contributed by atoms with Crippen LogP contribution in [0.4, 0.5) is 0 Å². The zero-order valence-electron chi connectivity index (χ0n) is 10.7. The normalized spacial score (nSPS) is 12.6. The Balaban J connectivity index is 3.20. The fourth-order valence-corrected chi connectivity index (χ4v) is 2.24. The molecular formula is C10H20N4O2S. The van der Waals surface area contributed by atoms with Gasteiger partial charge in [0.05, 0.1) is 0 Å². The molecule has 2 N–H and O–H groups in total. The maximum atomic E-state index is 11.4. The molecular weight excluding hydrogens is 240 g/mol. The Bertz CT molecular complexity index is 476. The minimum atomic E-state index is -3.80. The second-order valence-corrected chi connectivity index (χ2v) is 6.50. The third kappa shape index (κ3) is 3.78. The number of sulfonamides is 1. The van der Waals surface area contributed by atoms with Crippen molar-refractivity contribution in [3.05, 3.63) is 5.82 Å². The molecule has 1 heterocycles. The largest absolute Gasteiger partial charge is 0.300 e. The van der Waals surface area contributed by atoms with Gasteiger partial charge in [0.1, 0.15) is 5.82 Å². The predicted octanol–water partition coefficient (Wildman–Crippen LogP) is 0.780. The van der Waals surface area contributed by atoms with E-state index in [1.54, 1.807) is 4.57 Å². The van der Waals surface area contributed by atoms with Gasteiger partial charge in [0.2, 0.25) is 0 Å². The smallest absolute Gasteiger partial charge is 0.273 e. The molecule has 0 radical (unpaired) electrons. The second kappa shape index (κ2) is 5.14. The Kier molecular flexibility index (Phi) is 4.26. The van der Waals surface area contributed by atoms with E-state index in [2.05, 4.69) is 10.2 Å². The lowest BCUT2D eigenvalue weighted by Gasteiger charge is -2.12. The highest BCUT2D eigenvalue weighted by molar-refractivity contribution is 7.89. The van der Waals surface area contributed by atoms with E-state index < -0.39 is 10.0 Å². The van der Waals surface area contributed by atoms with Gasteiger partial charge in [-0.3, -0.25) is 0 Å². The van der Waals surface area contributed by atoms with Gasteiger partial charge in [0.25, 0.3) is 15.2 Å². The molecule has 0 spiro atoms. The summed E-state index contributed by atoms with van der Waals surface area (Å²) in [5.41, 5.74) is 0. The van der Waals surface area contributed by atoms with Crippen molar-refractivity contribution in [3.8, 4) is 0 Å². The van der Waals surface area contributed by atoms with Gasteiger partial charge < -0.3 is 4.57 Å². The zero-order valence-corrected chi connectivity index (χ0v) is 11.5. The summed E-state index contributed by atoms with van der Waals surface area (Å²) in [6.45, 7) is 8.66. The molecule has 0 aromatic carbocycles. The maximum absolute atomic E-state index is 11.4. The first-order valence-electron chi connectivity index (χ1n) is 5.66. The van der Waals surface area contributed by atoms with Gasteiger partial charge in [-0.2, -0.15) is 0 Å². The zero-order chi connectivity index (χ0) is 13.2. The molecule has 0 fully saturated rings. The number of primary sulfonamides is 1. The fourth-order valence-electron chi connectivity index (χ4n) is 1.59. The van der Waals surface area contributed by atoms with Crippen LogP contribution in [0.1, 0.15) is 33.5 Å². The number of nitrogens with zero attached hydrogens (tertiary/aromatic N) is 3. The van der Waals surface area contributed by atoms with Crippen molar-refractivity contribution >= 4 is 10.0 Å². The number of nitrogens with two attached hydrogens (primary N) is 1. The van der Waals surface area contributed by atoms with Gasteiger partial charge >= 0.3 is 0 Å². The standard InChI is InChI=1S/C10H20N4O2S/c1-7(2)5-9-12-13-10(17(11,15)16)14(9)6-8(3)4/h7-8H,5-6H2,1-4H3,(H2,11,15,16). The van der Waals surface area contributed by atoms with Crippen molar-refractivity contribution in [2.75, 3.05) is 0 Å². The summed E-state index contributed by atoms with van der Waals surface area (Å²) < 4.78 is 24.4. The molecule has 6 nitrogen and oxygen atoms in total. The highest BCUT2D eigenvalue weighted by atomic mass is 32.2. The summed E-state index contributed by atoms with van der Waals surface area (Å²) in [4.78, 5) is 0. The molecule has 1 rings (SSSR count). The molecule has 0 unspecified atom stereocenters. The minimum absolute atomic E-state index is 0.137. The highest BCUT2D eigenvalue weighted by Gasteiger charge is 2.21. The van der Waals surface area contributed by atoms with E-state index in [0.717, 1.165) is 0 Å². The van der Waals surface area contributed by atoms with Gasteiger partial charge in [-0.25, -0.2) is 13.6 Å². The molecule has 1 aromatic rings. The fraction of sp³-hybridized carbons (Fsp3) is 0.800. The van der Waals surface area contributed by atoms with Crippen LogP contribution in [-0.2, 0) is 23.0 Å². The van der Waals surface area contributed by atoms with Crippen molar-refractivity contribution in [3.63, 3.8) is 0 Å². The third-order valence-electron chi connectivity index (χ3n) is 2.19. The van der Waals surface area contributed by atoms with Crippen LogP contribution >= 0.6 is 0 Å². The summed E-state index contributed by atoms with van der Waals surface area (Å²) in [6, 6.07) is 0. The highest BCUT2D eigenvalue weighted by Crippen LogP contribution is 2.13. The van der Waals surface area contributed by atoms with Crippen LogP contribution < -0.4 is 5.14 Å². The van der Waals surface area contributed by atoms with Gasteiger partial charge in [0, 0.05) is 13.0 Å². The van der Waals surface area contributed by atoms with E-state index in [9.17, 15) is 8.42 Å². The Morgan fingerprint density at radius 2 is 1.76 bits per heavy atom. The molecule has 0 aliphatic rings. The van der Waals surface area contributed by atoms with Crippen LogP contribution in [0, 0.1) is 11.8 Å². The van der Waals surface area contributed by atoms with E-state index in [-0.39, 0.29) is 5.16 Å². The van der Waals surface area contributed by atoms with Crippen LogP contribution in [0.2, 0.25) is 0 Å². The van der Waals surface area contributed by atoms with E-state index in [1.165, 1.54) is 0 Å².